The Morgan fingerprint density at radius 3 is 2.50 bits per heavy atom. The van der Waals surface area contributed by atoms with Crippen LogP contribution < -0.4 is 0 Å². The molecule has 1 aromatic heterocycles. The SMILES string of the molecule is CCN(CCCCc1coc(C=O)c1)CCCN(C)C. The standard InChI is InChI=1S/C16H28N2O2/c1-4-18(11-7-9-17(2)3)10-6-5-8-15-12-16(13-19)20-14-15/h12-14H,4-11H2,1-3H3. The van der Waals surface area contributed by atoms with E-state index < -0.39 is 0 Å². The summed E-state index contributed by atoms with van der Waals surface area (Å²) < 4.78 is 5.11. The molecule has 0 saturated heterocycles. The van der Waals surface area contributed by atoms with Gasteiger partial charge in [0.25, 0.3) is 0 Å². The van der Waals surface area contributed by atoms with E-state index in [1.165, 1.54) is 19.4 Å². The summed E-state index contributed by atoms with van der Waals surface area (Å²) in [5, 5.41) is 0. The predicted octanol–water partition coefficient (Wildman–Crippen LogP) is 2.69. The molecule has 0 N–H and O–H groups in total. The smallest absolute Gasteiger partial charge is 0.185 e. The summed E-state index contributed by atoms with van der Waals surface area (Å²) in [6.45, 7) is 6.83. The van der Waals surface area contributed by atoms with Crippen LogP contribution in [-0.4, -0.2) is 56.4 Å². The van der Waals surface area contributed by atoms with E-state index in [0.717, 1.165) is 44.3 Å². The Morgan fingerprint density at radius 1 is 1.15 bits per heavy atom. The van der Waals surface area contributed by atoms with Crippen LogP contribution in [0, 0.1) is 0 Å². The molecule has 4 heteroatoms. The maximum Gasteiger partial charge on any atom is 0.185 e. The zero-order chi connectivity index (χ0) is 14.8. The molecular formula is C16H28N2O2. The Balaban J connectivity index is 2.13. The van der Waals surface area contributed by atoms with Crippen LogP contribution >= 0.6 is 0 Å². The average Bonchev–Trinajstić information content (AvgIpc) is 2.89. The van der Waals surface area contributed by atoms with Crippen molar-refractivity contribution in [1.82, 2.24) is 9.80 Å². The summed E-state index contributed by atoms with van der Waals surface area (Å²) in [5.41, 5.74) is 1.13. The minimum atomic E-state index is 0.430. The number of carbonyl (C=O) groups is 1. The van der Waals surface area contributed by atoms with Gasteiger partial charge in [-0.3, -0.25) is 4.79 Å². The fourth-order valence-electron chi connectivity index (χ4n) is 2.29. The number of furan rings is 1. The van der Waals surface area contributed by atoms with Crippen molar-refractivity contribution in [1.29, 1.82) is 0 Å². The first-order valence-corrected chi connectivity index (χ1v) is 7.55. The average molecular weight is 280 g/mol. The van der Waals surface area contributed by atoms with E-state index in [1.807, 2.05) is 6.07 Å². The molecule has 0 saturated carbocycles. The highest BCUT2D eigenvalue weighted by molar-refractivity contribution is 5.70. The van der Waals surface area contributed by atoms with Crippen molar-refractivity contribution in [3.63, 3.8) is 0 Å². The summed E-state index contributed by atoms with van der Waals surface area (Å²) in [5.74, 6) is 0.430. The second kappa shape index (κ2) is 9.72. The second-order valence-corrected chi connectivity index (χ2v) is 5.52. The van der Waals surface area contributed by atoms with Crippen molar-refractivity contribution < 1.29 is 9.21 Å². The quantitative estimate of drug-likeness (QED) is 0.461. The Labute approximate surface area is 122 Å². The first-order valence-electron chi connectivity index (χ1n) is 7.55. The van der Waals surface area contributed by atoms with E-state index in [-0.39, 0.29) is 0 Å². The molecule has 0 spiro atoms. The minimum absolute atomic E-state index is 0.430. The molecule has 4 nitrogen and oxygen atoms in total. The molecule has 0 aliphatic carbocycles. The highest BCUT2D eigenvalue weighted by Gasteiger charge is 2.04. The Morgan fingerprint density at radius 2 is 1.90 bits per heavy atom. The Kier molecular flexibility index (Phi) is 8.23. The lowest BCUT2D eigenvalue weighted by molar-refractivity contribution is 0.110. The summed E-state index contributed by atoms with van der Waals surface area (Å²) in [6, 6.07) is 1.83. The van der Waals surface area contributed by atoms with E-state index in [2.05, 4.69) is 30.8 Å². The molecule has 20 heavy (non-hydrogen) atoms. The molecule has 0 radical (unpaired) electrons. The molecule has 114 valence electrons. The van der Waals surface area contributed by atoms with Crippen LogP contribution in [0.3, 0.4) is 0 Å². The topological polar surface area (TPSA) is 36.7 Å². The van der Waals surface area contributed by atoms with E-state index in [0.29, 0.717) is 5.76 Å². The van der Waals surface area contributed by atoms with Gasteiger partial charge in [-0.2, -0.15) is 0 Å². The van der Waals surface area contributed by atoms with E-state index >= 15 is 0 Å². The number of unbranched alkanes of at least 4 members (excludes halogenated alkanes) is 1. The van der Waals surface area contributed by atoms with Crippen LogP contribution in [0.15, 0.2) is 16.7 Å². The number of hydrogen-bond donors (Lipinski definition) is 0. The fourth-order valence-corrected chi connectivity index (χ4v) is 2.29. The van der Waals surface area contributed by atoms with Gasteiger partial charge in [-0.15, -0.1) is 0 Å². The van der Waals surface area contributed by atoms with Crippen LogP contribution in [0.2, 0.25) is 0 Å². The van der Waals surface area contributed by atoms with E-state index in [1.54, 1.807) is 6.26 Å². The van der Waals surface area contributed by atoms with Crippen LogP contribution in [0.25, 0.3) is 0 Å². The number of rotatable bonds is 11. The first-order chi connectivity index (χ1) is 9.65. The van der Waals surface area contributed by atoms with Crippen LogP contribution in [0.1, 0.15) is 42.3 Å². The van der Waals surface area contributed by atoms with Crippen molar-refractivity contribution in [2.45, 2.75) is 32.6 Å². The molecule has 0 aliphatic heterocycles. The lowest BCUT2D eigenvalue weighted by Crippen LogP contribution is -2.28. The number of hydrogen-bond acceptors (Lipinski definition) is 4. The lowest BCUT2D eigenvalue weighted by Gasteiger charge is -2.21. The monoisotopic (exact) mass is 280 g/mol. The van der Waals surface area contributed by atoms with Gasteiger partial charge in [0, 0.05) is 0 Å². The summed E-state index contributed by atoms with van der Waals surface area (Å²) in [7, 11) is 4.24. The van der Waals surface area contributed by atoms with Crippen molar-refractivity contribution >= 4 is 6.29 Å². The molecule has 1 aromatic rings. The number of aryl methyl sites for hydroxylation is 1. The van der Waals surface area contributed by atoms with Crippen molar-refractivity contribution in [3.05, 3.63) is 23.7 Å². The van der Waals surface area contributed by atoms with Gasteiger partial charge >= 0.3 is 0 Å². The van der Waals surface area contributed by atoms with Gasteiger partial charge in [0.2, 0.25) is 0 Å². The fraction of sp³-hybridized carbons (Fsp3) is 0.688. The van der Waals surface area contributed by atoms with Crippen molar-refractivity contribution in [2.75, 3.05) is 40.3 Å². The summed E-state index contributed by atoms with van der Waals surface area (Å²) in [4.78, 5) is 15.3. The molecule has 0 aromatic carbocycles. The maximum atomic E-state index is 10.5. The number of aldehydes is 1. The molecule has 0 bridgehead atoms. The minimum Gasteiger partial charge on any atom is -0.461 e. The van der Waals surface area contributed by atoms with Gasteiger partial charge in [-0.05, 0) is 77.6 Å². The third-order valence-corrected chi connectivity index (χ3v) is 3.51. The highest BCUT2D eigenvalue weighted by atomic mass is 16.3. The van der Waals surface area contributed by atoms with E-state index in [4.69, 9.17) is 4.42 Å². The van der Waals surface area contributed by atoms with Crippen LogP contribution in [-0.2, 0) is 6.42 Å². The predicted molar refractivity (Wildman–Crippen MR) is 82.3 cm³/mol. The van der Waals surface area contributed by atoms with Gasteiger partial charge in [-0.1, -0.05) is 6.92 Å². The molecule has 0 atom stereocenters. The van der Waals surface area contributed by atoms with Gasteiger partial charge in [0.1, 0.15) is 0 Å². The molecule has 0 unspecified atom stereocenters. The van der Waals surface area contributed by atoms with Gasteiger partial charge in [0.15, 0.2) is 12.0 Å². The highest BCUT2D eigenvalue weighted by Crippen LogP contribution is 2.09. The third kappa shape index (κ3) is 6.87. The zero-order valence-electron chi connectivity index (χ0n) is 13.1. The summed E-state index contributed by atoms with van der Waals surface area (Å²) in [6.07, 6.45) is 7.00. The van der Waals surface area contributed by atoms with Crippen LogP contribution in [0.4, 0.5) is 0 Å². The molecule has 0 fully saturated rings. The Bertz CT molecular complexity index is 374. The third-order valence-electron chi connectivity index (χ3n) is 3.51. The normalized spacial score (nSPS) is 11.4. The lowest BCUT2D eigenvalue weighted by atomic mass is 10.1. The van der Waals surface area contributed by atoms with Crippen molar-refractivity contribution in [3.8, 4) is 0 Å². The van der Waals surface area contributed by atoms with Gasteiger partial charge in [-0.25, -0.2) is 0 Å². The first kappa shape index (κ1) is 16.9. The molecule has 1 heterocycles. The second-order valence-electron chi connectivity index (χ2n) is 5.52. The van der Waals surface area contributed by atoms with Gasteiger partial charge < -0.3 is 14.2 Å². The van der Waals surface area contributed by atoms with Gasteiger partial charge in [0.05, 0.1) is 6.26 Å². The molecule has 1 rings (SSSR count). The maximum absolute atomic E-state index is 10.5. The molecule has 0 aliphatic rings. The van der Waals surface area contributed by atoms with E-state index in [9.17, 15) is 4.79 Å². The number of carbonyl (C=O) groups excluding carboxylic acids is 1. The number of nitrogens with zero attached hydrogens (tertiary/aromatic N) is 2. The molecular weight excluding hydrogens is 252 g/mol. The summed E-state index contributed by atoms with van der Waals surface area (Å²) >= 11 is 0. The largest absolute Gasteiger partial charge is 0.461 e. The Hall–Kier alpha value is -1.13. The zero-order valence-corrected chi connectivity index (χ0v) is 13.1. The molecule has 0 amide bonds. The van der Waals surface area contributed by atoms with Crippen LogP contribution in [0.5, 0.6) is 0 Å². The van der Waals surface area contributed by atoms with Crippen molar-refractivity contribution in [2.24, 2.45) is 0 Å².